The molecule has 0 amide bonds. The van der Waals surface area contributed by atoms with Crippen molar-refractivity contribution in [1.29, 1.82) is 5.26 Å². The molecule has 2 unspecified atom stereocenters. The van der Waals surface area contributed by atoms with E-state index in [9.17, 15) is 0 Å². The van der Waals surface area contributed by atoms with E-state index in [0.29, 0.717) is 5.92 Å². The molecule has 0 spiro atoms. The van der Waals surface area contributed by atoms with Gasteiger partial charge in [-0.2, -0.15) is 5.26 Å². The Balaban J connectivity index is 2.14. The van der Waals surface area contributed by atoms with Crippen molar-refractivity contribution < 1.29 is 0 Å². The maximum Gasteiger partial charge on any atom is 0.179 e. The largest absolute Gasteiger partial charge is 0.390 e. The maximum atomic E-state index is 8.70. The van der Waals surface area contributed by atoms with Crippen molar-refractivity contribution in [2.24, 2.45) is 16.6 Å². The molecule has 64 valence electrons. The second-order valence-electron chi connectivity index (χ2n) is 3.60. The van der Waals surface area contributed by atoms with E-state index in [0.717, 1.165) is 19.5 Å². The maximum absolute atomic E-state index is 8.70. The Bertz CT molecular complexity index is 254. The average Bonchev–Trinajstić information content (AvgIpc) is 2.29. The highest BCUT2D eigenvalue weighted by molar-refractivity contribution is 5.53. The van der Waals surface area contributed by atoms with Gasteiger partial charge in [-0.1, -0.05) is 0 Å². The van der Waals surface area contributed by atoms with Crippen LogP contribution in [0, 0.1) is 17.4 Å². The average molecular weight is 164 g/mol. The van der Waals surface area contributed by atoms with Crippen molar-refractivity contribution in [2.45, 2.75) is 18.4 Å². The van der Waals surface area contributed by atoms with Crippen molar-refractivity contribution >= 4 is 6.34 Å². The molecule has 1 saturated carbocycles. The van der Waals surface area contributed by atoms with Gasteiger partial charge in [-0.3, -0.25) is 4.99 Å². The number of nitrogens with zero attached hydrogens (tertiary/aromatic N) is 3. The lowest BCUT2D eigenvalue weighted by atomic mass is 9.69. The van der Waals surface area contributed by atoms with Crippen LogP contribution in [0.4, 0.5) is 0 Å². The summed E-state index contributed by atoms with van der Waals surface area (Å²) < 4.78 is 0. The third-order valence-corrected chi connectivity index (χ3v) is 3.06. The zero-order valence-corrected chi connectivity index (χ0v) is 6.90. The molecule has 0 bridgehead atoms. The molecule has 2 fully saturated rings. The molecule has 0 aromatic carbocycles. The van der Waals surface area contributed by atoms with Gasteiger partial charge in [0.15, 0.2) is 6.19 Å². The molecule has 1 aliphatic carbocycles. The van der Waals surface area contributed by atoms with Crippen LogP contribution in [0.15, 0.2) is 4.99 Å². The van der Waals surface area contributed by atoms with Crippen molar-refractivity contribution in [2.75, 3.05) is 13.1 Å². The molecular formula is C8H12N4. The van der Waals surface area contributed by atoms with E-state index in [4.69, 9.17) is 11.0 Å². The first kappa shape index (κ1) is 7.41. The first-order valence-electron chi connectivity index (χ1n) is 4.21. The third-order valence-electron chi connectivity index (χ3n) is 3.06. The summed E-state index contributed by atoms with van der Waals surface area (Å²) in [5.41, 5.74) is 5.29. The highest BCUT2D eigenvalue weighted by Crippen LogP contribution is 2.46. The van der Waals surface area contributed by atoms with Gasteiger partial charge in [0.05, 0.1) is 18.4 Å². The van der Waals surface area contributed by atoms with E-state index >= 15 is 0 Å². The summed E-state index contributed by atoms with van der Waals surface area (Å²) in [6, 6.07) is 0. The van der Waals surface area contributed by atoms with Gasteiger partial charge in [-0.25, -0.2) is 0 Å². The fourth-order valence-corrected chi connectivity index (χ4v) is 2.25. The van der Waals surface area contributed by atoms with Crippen LogP contribution in [0.2, 0.25) is 0 Å². The topological polar surface area (TPSA) is 65.4 Å². The molecule has 12 heavy (non-hydrogen) atoms. The Hall–Kier alpha value is -1.24. The number of rotatable bonds is 1. The Kier molecular flexibility index (Phi) is 1.47. The van der Waals surface area contributed by atoms with E-state index in [2.05, 4.69) is 11.2 Å². The lowest BCUT2D eigenvalue weighted by molar-refractivity contribution is 0.192. The van der Waals surface area contributed by atoms with Gasteiger partial charge in [0.2, 0.25) is 0 Å². The zero-order valence-electron chi connectivity index (χ0n) is 6.90. The molecular weight excluding hydrogens is 152 g/mol. The summed E-state index contributed by atoms with van der Waals surface area (Å²) in [5.74, 6) is 0.567. The normalized spacial score (nSPS) is 39.2. The Labute approximate surface area is 71.7 Å². The highest BCUT2D eigenvalue weighted by atomic mass is 15.2. The second kappa shape index (κ2) is 2.37. The van der Waals surface area contributed by atoms with Crippen LogP contribution in [-0.4, -0.2) is 29.9 Å². The van der Waals surface area contributed by atoms with Gasteiger partial charge < -0.3 is 10.6 Å². The predicted molar refractivity (Wildman–Crippen MR) is 45.3 cm³/mol. The van der Waals surface area contributed by atoms with Crippen LogP contribution in [0.3, 0.4) is 0 Å². The van der Waals surface area contributed by atoms with Crippen molar-refractivity contribution in [3.63, 3.8) is 0 Å². The van der Waals surface area contributed by atoms with Crippen LogP contribution in [0.1, 0.15) is 12.8 Å². The van der Waals surface area contributed by atoms with Crippen LogP contribution in [-0.2, 0) is 0 Å². The molecule has 1 aliphatic heterocycles. The number of hydrogen-bond acceptors (Lipinski definition) is 3. The summed E-state index contributed by atoms with van der Waals surface area (Å²) in [6.07, 6.45) is 5.83. The molecule has 2 atom stereocenters. The minimum Gasteiger partial charge on any atom is -0.390 e. The molecule has 0 aromatic heterocycles. The molecule has 1 heterocycles. The molecule has 4 heteroatoms. The monoisotopic (exact) mass is 164 g/mol. The van der Waals surface area contributed by atoms with E-state index in [1.54, 1.807) is 4.90 Å². The van der Waals surface area contributed by atoms with Gasteiger partial charge in [0.1, 0.15) is 0 Å². The van der Waals surface area contributed by atoms with Crippen molar-refractivity contribution in [1.82, 2.24) is 4.90 Å². The minimum atomic E-state index is 0.00444. The third kappa shape index (κ3) is 0.795. The van der Waals surface area contributed by atoms with Gasteiger partial charge in [-0.15, -0.1) is 0 Å². The summed E-state index contributed by atoms with van der Waals surface area (Å²) >= 11 is 0. The number of likely N-dealkylation sites (tertiary alicyclic amines) is 1. The molecule has 0 aromatic rings. The molecule has 2 aliphatic rings. The van der Waals surface area contributed by atoms with E-state index in [1.807, 2.05) is 0 Å². The molecule has 4 nitrogen and oxygen atoms in total. The molecule has 2 N–H and O–H groups in total. The SMILES string of the molecule is N#CN1CC2CCC2(N=CN)C1. The Morgan fingerprint density at radius 3 is 3.08 bits per heavy atom. The number of nitrogens with two attached hydrogens (primary N) is 1. The first-order valence-corrected chi connectivity index (χ1v) is 4.21. The quantitative estimate of drug-likeness (QED) is 0.335. The zero-order chi connectivity index (χ0) is 8.60. The van der Waals surface area contributed by atoms with E-state index in [-0.39, 0.29) is 5.54 Å². The number of aliphatic imine (C=N–C) groups is 1. The van der Waals surface area contributed by atoms with Crippen LogP contribution in [0.5, 0.6) is 0 Å². The molecule has 1 saturated heterocycles. The van der Waals surface area contributed by atoms with Crippen LogP contribution >= 0.6 is 0 Å². The number of hydrogen-bond donors (Lipinski definition) is 1. The van der Waals surface area contributed by atoms with Crippen molar-refractivity contribution in [3.05, 3.63) is 0 Å². The molecule has 0 radical (unpaired) electrons. The smallest absolute Gasteiger partial charge is 0.179 e. The van der Waals surface area contributed by atoms with E-state index in [1.165, 1.54) is 12.8 Å². The molecule has 2 rings (SSSR count). The lowest BCUT2D eigenvalue weighted by Gasteiger charge is -2.39. The van der Waals surface area contributed by atoms with E-state index < -0.39 is 0 Å². The Morgan fingerprint density at radius 2 is 2.58 bits per heavy atom. The fourth-order valence-electron chi connectivity index (χ4n) is 2.25. The van der Waals surface area contributed by atoms with Gasteiger partial charge in [0.25, 0.3) is 0 Å². The van der Waals surface area contributed by atoms with Crippen LogP contribution in [0.25, 0.3) is 0 Å². The Morgan fingerprint density at radius 1 is 1.75 bits per heavy atom. The minimum absolute atomic E-state index is 0.00444. The highest BCUT2D eigenvalue weighted by Gasteiger charge is 2.52. The summed E-state index contributed by atoms with van der Waals surface area (Å²) in [7, 11) is 0. The van der Waals surface area contributed by atoms with Crippen molar-refractivity contribution in [3.8, 4) is 6.19 Å². The van der Waals surface area contributed by atoms with Gasteiger partial charge in [0, 0.05) is 12.5 Å². The lowest BCUT2D eigenvalue weighted by Crippen LogP contribution is -2.45. The van der Waals surface area contributed by atoms with Gasteiger partial charge in [-0.05, 0) is 12.8 Å². The van der Waals surface area contributed by atoms with Gasteiger partial charge >= 0.3 is 0 Å². The first-order chi connectivity index (χ1) is 5.80. The second-order valence-corrected chi connectivity index (χ2v) is 3.60. The number of fused-ring (bicyclic) bond motifs is 1. The summed E-state index contributed by atoms with van der Waals surface area (Å²) in [4.78, 5) is 6.06. The standard InChI is InChI=1S/C8H12N4/c9-5-11-8-2-1-7(8)3-12(4-8)6-10/h5,7H,1-4H2,(H2,9,11). The predicted octanol–water partition coefficient (Wildman–Crippen LogP) is -0.0811. The number of nitriles is 1. The fraction of sp³-hybridized carbons (Fsp3) is 0.750. The van der Waals surface area contributed by atoms with Crippen LogP contribution < -0.4 is 5.73 Å². The summed E-state index contributed by atoms with van der Waals surface area (Å²) in [5, 5.41) is 8.70. The summed E-state index contributed by atoms with van der Waals surface area (Å²) in [6.45, 7) is 1.63.